The van der Waals surface area contributed by atoms with Crippen molar-refractivity contribution in [2.45, 2.75) is 13.0 Å². The maximum atomic E-state index is 10.6. The van der Waals surface area contributed by atoms with Gasteiger partial charge in [-0.05, 0) is 34.9 Å². The van der Waals surface area contributed by atoms with Crippen LogP contribution in [0, 0.1) is 9.81 Å². The van der Waals surface area contributed by atoms with Gasteiger partial charge >= 0.3 is 0 Å². The monoisotopic (exact) mass is 191 g/mol. The maximum absolute atomic E-state index is 10.6. The number of benzene rings is 1. The summed E-state index contributed by atoms with van der Waals surface area (Å²) in [4.78, 5) is 21.0. The average molecular weight is 191 g/mol. The zero-order valence-corrected chi connectivity index (χ0v) is 7.49. The molecular weight excluding hydrogens is 182 g/mol. The predicted molar refractivity (Wildman–Crippen MR) is 52.8 cm³/mol. The second kappa shape index (κ2) is 3.63. The molecule has 72 valence electrons. The third-order valence-corrected chi connectivity index (χ3v) is 2.42. The van der Waals surface area contributed by atoms with Crippen LogP contribution >= 0.6 is 0 Å². The molecule has 0 unspecified atom stereocenters. The van der Waals surface area contributed by atoms with Crippen LogP contribution < -0.4 is 5.32 Å². The molecule has 0 spiro atoms. The summed E-state index contributed by atoms with van der Waals surface area (Å²) in [6.07, 6.45) is 0.858. The summed E-state index contributed by atoms with van der Waals surface area (Å²) < 4.78 is 0. The van der Waals surface area contributed by atoms with Gasteiger partial charge in [0.05, 0.1) is 0 Å². The van der Waals surface area contributed by atoms with Crippen molar-refractivity contribution in [1.29, 1.82) is 0 Å². The van der Waals surface area contributed by atoms with Gasteiger partial charge in [0.1, 0.15) is 11.4 Å². The van der Waals surface area contributed by atoms with Gasteiger partial charge in [-0.15, -0.1) is 9.81 Å². The van der Waals surface area contributed by atoms with Crippen molar-refractivity contribution in [3.05, 3.63) is 33.1 Å². The van der Waals surface area contributed by atoms with Gasteiger partial charge in [-0.3, -0.25) is 0 Å². The van der Waals surface area contributed by atoms with Crippen LogP contribution in [0.25, 0.3) is 0 Å². The van der Waals surface area contributed by atoms with Gasteiger partial charge in [-0.1, -0.05) is 6.07 Å². The van der Waals surface area contributed by atoms with Crippen molar-refractivity contribution in [3.8, 4) is 0 Å². The lowest BCUT2D eigenvalue weighted by Gasteiger charge is -2.17. The van der Waals surface area contributed by atoms with E-state index in [9.17, 15) is 9.81 Å². The minimum Gasteiger partial charge on any atom is -0.312 e. The summed E-state index contributed by atoms with van der Waals surface area (Å²) in [7, 11) is 0. The van der Waals surface area contributed by atoms with Crippen LogP contribution in [0.3, 0.4) is 0 Å². The normalized spacial score (nSPS) is 14.6. The predicted octanol–water partition coefficient (Wildman–Crippen LogP) is 2.13. The average Bonchev–Trinajstić information content (AvgIpc) is 2.27. The number of hydrogen-bond donors (Lipinski definition) is 1. The van der Waals surface area contributed by atoms with Crippen LogP contribution in [0.2, 0.25) is 0 Å². The summed E-state index contributed by atoms with van der Waals surface area (Å²) in [6.45, 7) is 1.47. The van der Waals surface area contributed by atoms with Crippen LogP contribution in [0.15, 0.2) is 22.5 Å². The first-order valence-electron chi connectivity index (χ1n) is 4.39. The second-order valence-corrected chi connectivity index (χ2v) is 3.18. The zero-order valence-electron chi connectivity index (χ0n) is 7.49. The topological polar surface area (TPSA) is 70.9 Å². The molecule has 2 rings (SSSR count). The van der Waals surface area contributed by atoms with Crippen molar-refractivity contribution in [3.63, 3.8) is 0 Å². The molecule has 0 saturated carbocycles. The van der Waals surface area contributed by atoms with E-state index in [4.69, 9.17) is 0 Å². The third kappa shape index (κ3) is 1.31. The van der Waals surface area contributed by atoms with E-state index in [1.807, 2.05) is 6.07 Å². The van der Waals surface area contributed by atoms with Crippen molar-refractivity contribution < 1.29 is 0 Å². The molecule has 0 bridgehead atoms. The molecule has 0 atom stereocenters. The summed E-state index contributed by atoms with van der Waals surface area (Å²) in [5.41, 5.74) is 2.20. The van der Waals surface area contributed by atoms with Gasteiger partial charge in [-0.25, -0.2) is 0 Å². The van der Waals surface area contributed by atoms with Crippen LogP contribution in [0.1, 0.15) is 11.1 Å². The van der Waals surface area contributed by atoms with E-state index in [0.29, 0.717) is 6.54 Å². The highest BCUT2D eigenvalue weighted by atomic mass is 16.3. The number of nitroso groups, excluding NO2 is 2. The highest BCUT2D eigenvalue weighted by Crippen LogP contribution is 2.35. The fourth-order valence-corrected chi connectivity index (χ4v) is 1.71. The molecule has 0 radical (unpaired) electrons. The van der Waals surface area contributed by atoms with E-state index in [0.717, 1.165) is 24.1 Å². The van der Waals surface area contributed by atoms with Crippen LogP contribution in [-0.2, 0) is 13.0 Å². The molecule has 0 fully saturated rings. The van der Waals surface area contributed by atoms with E-state index >= 15 is 0 Å². The van der Waals surface area contributed by atoms with Crippen molar-refractivity contribution in [1.82, 2.24) is 5.32 Å². The van der Waals surface area contributed by atoms with Gasteiger partial charge < -0.3 is 5.32 Å². The lowest BCUT2D eigenvalue weighted by molar-refractivity contribution is 0.644. The largest absolute Gasteiger partial charge is 0.312 e. The molecule has 5 nitrogen and oxygen atoms in total. The molecule has 0 aliphatic carbocycles. The Balaban J connectivity index is 2.60. The zero-order chi connectivity index (χ0) is 9.97. The number of nitrogens with one attached hydrogen (secondary N) is 1. The van der Waals surface area contributed by atoms with Crippen LogP contribution in [-0.4, -0.2) is 6.54 Å². The van der Waals surface area contributed by atoms with E-state index in [2.05, 4.69) is 15.7 Å². The minimum atomic E-state index is 0.127. The Kier molecular flexibility index (Phi) is 2.32. The Labute approximate surface area is 80.5 Å². The molecule has 0 amide bonds. The van der Waals surface area contributed by atoms with Gasteiger partial charge in [-0.2, -0.15) is 0 Å². The Hall–Kier alpha value is -1.62. The van der Waals surface area contributed by atoms with Gasteiger partial charge in [0.2, 0.25) is 0 Å². The van der Waals surface area contributed by atoms with Gasteiger partial charge in [0, 0.05) is 12.1 Å². The number of hydrogen-bond acceptors (Lipinski definition) is 5. The number of nitrogens with zero attached hydrogens (tertiary/aromatic N) is 2. The van der Waals surface area contributed by atoms with Gasteiger partial charge in [0.25, 0.3) is 0 Å². The third-order valence-electron chi connectivity index (χ3n) is 2.42. The SMILES string of the molecule is O=Nc1ccc2c(c1N=O)CNCC2. The standard InChI is InChI=1S/C9H9N3O2/c13-11-8-2-1-6-3-4-10-5-7(6)9(8)12-14/h1-2,10H,3-5H2. The maximum Gasteiger partial charge on any atom is 0.141 e. The second-order valence-electron chi connectivity index (χ2n) is 3.18. The lowest BCUT2D eigenvalue weighted by Crippen LogP contribution is -2.23. The Bertz CT molecular complexity index is 390. The molecular formula is C9H9N3O2. The fourth-order valence-electron chi connectivity index (χ4n) is 1.71. The lowest BCUT2D eigenvalue weighted by atomic mass is 9.98. The van der Waals surface area contributed by atoms with E-state index in [-0.39, 0.29) is 11.4 Å². The molecule has 0 saturated heterocycles. The molecule has 1 aromatic rings. The molecule has 1 N–H and O–H groups in total. The van der Waals surface area contributed by atoms with E-state index in [1.165, 1.54) is 0 Å². The molecule has 5 heteroatoms. The highest BCUT2D eigenvalue weighted by Gasteiger charge is 2.17. The van der Waals surface area contributed by atoms with Crippen LogP contribution in [0.5, 0.6) is 0 Å². The molecule has 1 aliphatic rings. The molecule has 14 heavy (non-hydrogen) atoms. The molecule has 1 aliphatic heterocycles. The molecule has 0 aromatic heterocycles. The van der Waals surface area contributed by atoms with Gasteiger partial charge in [0.15, 0.2) is 0 Å². The summed E-state index contributed by atoms with van der Waals surface area (Å²) >= 11 is 0. The first kappa shape index (κ1) is 8.96. The van der Waals surface area contributed by atoms with E-state index < -0.39 is 0 Å². The number of rotatable bonds is 2. The summed E-state index contributed by atoms with van der Waals surface area (Å²) in [5.74, 6) is 0. The quantitative estimate of drug-likeness (QED) is 0.728. The Morgan fingerprint density at radius 3 is 2.79 bits per heavy atom. The van der Waals surface area contributed by atoms with Crippen LogP contribution in [0.4, 0.5) is 11.4 Å². The van der Waals surface area contributed by atoms with E-state index in [1.54, 1.807) is 6.07 Å². The summed E-state index contributed by atoms with van der Waals surface area (Å²) in [6, 6.07) is 3.38. The Morgan fingerprint density at radius 2 is 2.07 bits per heavy atom. The molecule has 1 aromatic carbocycles. The van der Waals surface area contributed by atoms with Crippen molar-refractivity contribution in [2.24, 2.45) is 10.4 Å². The fraction of sp³-hybridized carbons (Fsp3) is 0.333. The molecule has 1 heterocycles. The minimum absolute atomic E-state index is 0.127. The summed E-state index contributed by atoms with van der Waals surface area (Å²) in [5, 5.41) is 8.77. The van der Waals surface area contributed by atoms with Crippen molar-refractivity contribution in [2.75, 3.05) is 6.54 Å². The highest BCUT2D eigenvalue weighted by molar-refractivity contribution is 5.68. The smallest absolute Gasteiger partial charge is 0.141 e. The Morgan fingerprint density at radius 1 is 1.21 bits per heavy atom. The number of fused-ring (bicyclic) bond motifs is 1. The van der Waals surface area contributed by atoms with Crippen molar-refractivity contribution >= 4 is 11.4 Å². The first-order chi connectivity index (χ1) is 6.86. The first-order valence-corrected chi connectivity index (χ1v) is 4.39.